The highest BCUT2D eigenvalue weighted by Crippen LogP contribution is 2.33. The molecule has 1 aliphatic rings. The number of carbonyl (C=O) groups excluding carboxylic acids is 4. The Morgan fingerprint density at radius 2 is 1.86 bits per heavy atom. The van der Waals surface area contributed by atoms with Gasteiger partial charge >= 0.3 is 0 Å². The fourth-order valence-corrected chi connectivity index (χ4v) is 2.76. The second-order valence-electron chi connectivity index (χ2n) is 6.13. The van der Waals surface area contributed by atoms with Crippen LogP contribution in [0.5, 0.6) is 5.75 Å². The first-order valence-corrected chi connectivity index (χ1v) is 8.85. The van der Waals surface area contributed by atoms with Crippen molar-refractivity contribution >= 4 is 29.3 Å². The van der Waals surface area contributed by atoms with Gasteiger partial charge in [-0.3, -0.25) is 19.2 Å². The molecule has 1 aromatic carbocycles. The van der Waals surface area contributed by atoms with Crippen molar-refractivity contribution < 1.29 is 28.3 Å². The average Bonchev–Trinajstić information content (AvgIpc) is 3.29. The van der Waals surface area contributed by atoms with Gasteiger partial charge in [0.2, 0.25) is 11.8 Å². The first kappa shape index (κ1) is 19.9. The Balaban J connectivity index is 1.57. The maximum absolute atomic E-state index is 12.7. The lowest BCUT2D eigenvalue weighted by Gasteiger charge is -2.34. The van der Waals surface area contributed by atoms with Crippen molar-refractivity contribution in [2.75, 3.05) is 31.6 Å². The van der Waals surface area contributed by atoms with Gasteiger partial charge in [0.05, 0.1) is 31.6 Å². The van der Waals surface area contributed by atoms with Crippen molar-refractivity contribution in [1.29, 1.82) is 0 Å². The number of ether oxygens (including phenoxy) is 1. The van der Waals surface area contributed by atoms with Gasteiger partial charge in [-0.15, -0.1) is 0 Å². The summed E-state index contributed by atoms with van der Waals surface area (Å²) in [6, 6.07) is 9.85. The molecule has 10 nitrogen and oxygen atoms in total. The van der Waals surface area contributed by atoms with Gasteiger partial charge in [0.15, 0.2) is 11.9 Å². The largest absolute Gasteiger partial charge is 0.477 e. The number of nitrogens with one attached hydrogen (secondary N) is 3. The summed E-state index contributed by atoms with van der Waals surface area (Å²) < 4.78 is 10.6. The van der Waals surface area contributed by atoms with E-state index in [0.29, 0.717) is 11.4 Å². The summed E-state index contributed by atoms with van der Waals surface area (Å²) >= 11 is 0. The fourth-order valence-electron chi connectivity index (χ4n) is 2.76. The molecule has 0 fully saturated rings. The van der Waals surface area contributed by atoms with E-state index in [1.165, 1.54) is 24.3 Å². The van der Waals surface area contributed by atoms with Crippen molar-refractivity contribution in [2.24, 2.45) is 0 Å². The predicted molar refractivity (Wildman–Crippen MR) is 101 cm³/mol. The van der Waals surface area contributed by atoms with Crippen LogP contribution in [0, 0.1) is 0 Å². The van der Waals surface area contributed by atoms with Crippen molar-refractivity contribution in [3.8, 4) is 5.75 Å². The van der Waals surface area contributed by atoms with Crippen molar-refractivity contribution in [3.63, 3.8) is 0 Å². The van der Waals surface area contributed by atoms with Crippen LogP contribution in [0.4, 0.5) is 5.69 Å². The van der Waals surface area contributed by atoms with Gasteiger partial charge in [-0.1, -0.05) is 12.1 Å². The summed E-state index contributed by atoms with van der Waals surface area (Å²) in [7, 11) is 1.48. The minimum absolute atomic E-state index is 0.0145. The molecule has 3 rings (SSSR count). The number of fused-ring (bicyclic) bond motifs is 1. The number of hydrogen-bond acceptors (Lipinski definition) is 6. The Labute approximate surface area is 166 Å². The SMILES string of the molecule is CNC(=O)[C@@H]1CN(C(=O)CNC(=O)CNC(=O)c2ccco2)c2ccccc2O1. The molecule has 1 aliphatic heterocycles. The molecule has 2 aromatic rings. The van der Waals surface area contributed by atoms with Crippen LogP contribution in [0.15, 0.2) is 47.1 Å². The third-order valence-corrected chi connectivity index (χ3v) is 4.20. The summed E-state index contributed by atoms with van der Waals surface area (Å²) in [6.45, 7) is -0.599. The van der Waals surface area contributed by atoms with Crippen molar-refractivity contribution in [2.45, 2.75) is 6.10 Å². The number of likely N-dealkylation sites (N-methyl/N-ethyl adjacent to an activating group) is 1. The number of furan rings is 1. The summed E-state index contributed by atoms with van der Waals surface area (Å²) in [5, 5.41) is 7.34. The molecule has 10 heteroatoms. The standard InChI is InChI=1S/C19H20N4O6/c1-20-18(26)15-11-23(12-5-2-3-6-13(12)29-15)17(25)10-21-16(24)9-22-19(27)14-7-4-8-28-14/h2-8,15H,9-11H2,1H3,(H,20,26)(H,21,24)(H,22,27)/t15-/m0/s1. The van der Waals surface area contributed by atoms with Crippen LogP contribution in [0.25, 0.3) is 0 Å². The Morgan fingerprint density at radius 3 is 2.59 bits per heavy atom. The smallest absolute Gasteiger partial charge is 0.287 e. The monoisotopic (exact) mass is 400 g/mol. The Hall–Kier alpha value is -3.82. The highest BCUT2D eigenvalue weighted by atomic mass is 16.5. The maximum atomic E-state index is 12.7. The fraction of sp³-hybridized carbons (Fsp3) is 0.263. The summed E-state index contributed by atoms with van der Waals surface area (Å²) in [6.07, 6.45) is 0.488. The Kier molecular flexibility index (Phi) is 6.12. The second kappa shape index (κ2) is 8.91. The minimum Gasteiger partial charge on any atom is -0.477 e. The Morgan fingerprint density at radius 1 is 1.07 bits per heavy atom. The summed E-state index contributed by atoms with van der Waals surface area (Å²) in [5.41, 5.74) is 0.512. The van der Waals surface area contributed by atoms with Crippen molar-refractivity contribution in [1.82, 2.24) is 16.0 Å². The highest BCUT2D eigenvalue weighted by molar-refractivity contribution is 6.00. The van der Waals surface area contributed by atoms with Crippen LogP contribution < -0.4 is 25.6 Å². The van der Waals surface area contributed by atoms with E-state index in [2.05, 4.69) is 16.0 Å². The zero-order chi connectivity index (χ0) is 20.8. The van der Waals surface area contributed by atoms with Crippen LogP contribution in [0.2, 0.25) is 0 Å². The number of benzene rings is 1. The lowest BCUT2D eigenvalue weighted by atomic mass is 10.1. The molecular formula is C19H20N4O6. The molecule has 0 saturated heterocycles. The lowest BCUT2D eigenvalue weighted by Crippen LogP contribution is -2.52. The van der Waals surface area contributed by atoms with Gasteiger partial charge in [0.1, 0.15) is 5.75 Å². The maximum Gasteiger partial charge on any atom is 0.287 e. The minimum atomic E-state index is -0.859. The molecule has 0 unspecified atom stereocenters. The summed E-state index contributed by atoms with van der Waals surface area (Å²) in [5.74, 6) is -1.37. The van der Waals surface area contributed by atoms with Gasteiger partial charge in [-0.25, -0.2) is 0 Å². The zero-order valence-corrected chi connectivity index (χ0v) is 15.6. The van der Waals surface area contributed by atoms with Crippen molar-refractivity contribution in [3.05, 3.63) is 48.4 Å². The molecule has 0 radical (unpaired) electrons. The molecule has 1 aromatic heterocycles. The lowest BCUT2D eigenvalue weighted by molar-refractivity contribution is -0.128. The number of rotatable bonds is 6. The zero-order valence-electron chi connectivity index (χ0n) is 15.6. The van der Waals surface area contributed by atoms with E-state index in [4.69, 9.17) is 9.15 Å². The van der Waals surface area contributed by atoms with Gasteiger partial charge < -0.3 is 30.0 Å². The summed E-state index contributed by atoms with van der Waals surface area (Å²) in [4.78, 5) is 49.7. The third-order valence-electron chi connectivity index (χ3n) is 4.20. The van der Waals surface area contributed by atoms with Crippen LogP contribution in [-0.4, -0.2) is 56.4 Å². The first-order chi connectivity index (χ1) is 14.0. The van der Waals surface area contributed by atoms with Gasteiger partial charge in [-0.2, -0.15) is 0 Å². The number of carbonyl (C=O) groups is 4. The van der Waals surface area contributed by atoms with E-state index in [9.17, 15) is 19.2 Å². The molecule has 3 N–H and O–H groups in total. The third kappa shape index (κ3) is 4.72. The van der Waals surface area contributed by atoms with E-state index >= 15 is 0 Å². The van der Waals surface area contributed by atoms with E-state index < -0.39 is 23.8 Å². The number of para-hydroxylation sites is 2. The van der Waals surface area contributed by atoms with E-state index in [0.717, 1.165) is 0 Å². The molecule has 2 heterocycles. The molecular weight excluding hydrogens is 380 g/mol. The van der Waals surface area contributed by atoms with Gasteiger partial charge in [0, 0.05) is 7.05 Å². The molecule has 4 amide bonds. The predicted octanol–water partition coefficient (Wildman–Crippen LogP) is -0.334. The topological polar surface area (TPSA) is 130 Å². The van der Waals surface area contributed by atoms with Gasteiger partial charge in [-0.05, 0) is 24.3 Å². The van der Waals surface area contributed by atoms with Crippen LogP contribution in [0.1, 0.15) is 10.6 Å². The molecule has 29 heavy (non-hydrogen) atoms. The molecule has 0 aliphatic carbocycles. The average molecular weight is 400 g/mol. The number of hydrogen-bond donors (Lipinski definition) is 3. The van der Waals surface area contributed by atoms with E-state index in [1.54, 1.807) is 30.3 Å². The van der Waals surface area contributed by atoms with Crippen LogP contribution in [0.3, 0.4) is 0 Å². The molecule has 0 bridgehead atoms. The molecule has 0 spiro atoms. The van der Waals surface area contributed by atoms with E-state index in [1.807, 2.05) is 0 Å². The van der Waals surface area contributed by atoms with Crippen LogP contribution in [-0.2, 0) is 14.4 Å². The normalized spacial score (nSPS) is 14.9. The second-order valence-corrected chi connectivity index (χ2v) is 6.13. The molecule has 0 saturated carbocycles. The molecule has 1 atom stereocenters. The van der Waals surface area contributed by atoms with Gasteiger partial charge in [0.25, 0.3) is 11.8 Å². The van der Waals surface area contributed by atoms with Crippen LogP contribution >= 0.6 is 0 Å². The number of nitrogens with zero attached hydrogens (tertiary/aromatic N) is 1. The first-order valence-electron chi connectivity index (χ1n) is 8.85. The molecule has 152 valence electrons. The quantitative estimate of drug-likeness (QED) is 0.609. The number of amides is 4. The number of anilines is 1. The highest BCUT2D eigenvalue weighted by Gasteiger charge is 2.33. The van der Waals surface area contributed by atoms with E-state index in [-0.39, 0.29) is 31.3 Å². The Bertz CT molecular complexity index is 911.